The molecule has 0 spiro atoms. The molecule has 0 aliphatic heterocycles. The van der Waals surface area contributed by atoms with Gasteiger partial charge < -0.3 is 0 Å². The van der Waals surface area contributed by atoms with Gasteiger partial charge in [-0.1, -0.05) is 12.2 Å². The second-order valence-corrected chi connectivity index (χ2v) is 5.72. The Hall–Kier alpha value is -1.59. The van der Waals surface area contributed by atoms with Crippen molar-refractivity contribution in [3.05, 3.63) is 12.2 Å². The van der Waals surface area contributed by atoms with Gasteiger partial charge in [0.2, 0.25) is 5.41 Å². The minimum Gasteiger partial charge on any atom is -0.198 e. The molecule has 0 saturated carbocycles. The highest BCUT2D eigenvalue weighted by atomic mass is 19.4. The van der Waals surface area contributed by atoms with Crippen LogP contribution in [0.2, 0.25) is 0 Å². The number of alkyl halides is 19. The molecule has 0 fully saturated rings. The molecule has 0 bridgehead atoms. The lowest BCUT2D eigenvalue weighted by atomic mass is 9.75. The summed E-state index contributed by atoms with van der Waals surface area (Å²) in [5.74, 6) is -21.0. The quantitative estimate of drug-likeness (QED) is 0.264. The Balaban J connectivity index is 6.96. The van der Waals surface area contributed by atoms with Crippen molar-refractivity contribution in [2.75, 3.05) is 0 Å². The number of allylic oxidation sites excluding steroid dienone is 2. The lowest BCUT2D eigenvalue weighted by Gasteiger charge is -2.43. The van der Waals surface area contributed by atoms with Crippen LogP contribution >= 0.6 is 0 Å². The minimum atomic E-state index is -8.20. The van der Waals surface area contributed by atoms with Gasteiger partial charge in [0.1, 0.15) is 0 Å². The van der Waals surface area contributed by atoms with Crippen LogP contribution in [0.25, 0.3) is 0 Å². The van der Waals surface area contributed by atoms with E-state index < -0.39 is 72.6 Å². The van der Waals surface area contributed by atoms with Crippen molar-refractivity contribution in [2.24, 2.45) is 11.3 Å². The number of rotatable bonds is 5. The van der Waals surface area contributed by atoms with E-state index in [9.17, 15) is 83.4 Å². The second-order valence-electron chi connectivity index (χ2n) is 5.72. The highest BCUT2D eigenvalue weighted by Crippen LogP contribution is 2.66. The molecule has 0 saturated heterocycles. The first-order valence-corrected chi connectivity index (χ1v) is 6.86. The average molecular weight is 510 g/mol. The van der Waals surface area contributed by atoms with Gasteiger partial charge in [-0.2, -0.15) is 83.4 Å². The molecule has 0 aromatic rings. The number of hydrogen-bond donors (Lipinski definition) is 0. The van der Waals surface area contributed by atoms with Crippen LogP contribution in [0, 0.1) is 11.3 Å². The summed E-state index contributed by atoms with van der Waals surface area (Å²) >= 11 is 0. The molecular formula is C12H5F19. The SMILES string of the molecule is FC(F)(F)C(C/C=C/C(C(F)(F)F)(C(F)(F)F)C(F)(F)C(F)(F)C(F)(F)F)C(F)(F)F. The Kier molecular flexibility index (Phi) is 7.37. The molecule has 0 atom stereocenters. The van der Waals surface area contributed by atoms with Crippen molar-refractivity contribution >= 4 is 0 Å². The van der Waals surface area contributed by atoms with Gasteiger partial charge in [-0.3, -0.25) is 0 Å². The van der Waals surface area contributed by atoms with E-state index in [-0.39, 0.29) is 0 Å². The van der Waals surface area contributed by atoms with Crippen molar-refractivity contribution in [1.82, 2.24) is 0 Å². The molecule has 0 heterocycles. The molecule has 19 heteroatoms. The summed E-state index contributed by atoms with van der Waals surface area (Å²) in [4.78, 5) is 0. The van der Waals surface area contributed by atoms with E-state index in [4.69, 9.17) is 0 Å². The second kappa shape index (κ2) is 7.77. The van der Waals surface area contributed by atoms with Crippen molar-refractivity contribution in [3.63, 3.8) is 0 Å². The molecule has 0 aliphatic rings. The van der Waals surface area contributed by atoms with Gasteiger partial charge in [0.15, 0.2) is 5.92 Å². The van der Waals surface area contributed by atoms with Gasteiger partial charge in [0.25, 0.3) is 0 Å². The van der Waals surface area contributed by atoms with Gasteiger partial charge in [-0.15, -0.1) is 0 Å². The molecule has 31 heavy (non-hydrogen) atoms. The molecule has 0 radical (unpaired) electrons. The highest BCUT2D eigenvalue weighted by molar-refractivity contribution is 5.20. The normalized spacial score (nSPS) is 16.5. The fourth-order valence-corrected chi connectivity index (χ4v) is 2.07. The van der Waals surface area contributed by atoms with E-state index in [0.717, 1.165) is 0 Å². The molecule has 0 unspecified atom stereocenters. The van der Waals surface area contributed by atoms with Crippen LogP contribution in [-0.2, 0) is 0 Å². The molecule has 186 valence electrons. The van der Waals surface area contributed by atoms with Crippen LogP contribution in [0.3, 0.4) is 0 Å². The average Bonchev–Trinajstić information content (AvgIpc) is 2.39. The fraction of sp³-hybridized carbons (Fsp3) is 0.833. The Morgan fingerprint density at radius 3 is 1.00 bits per heavy atom. The van der Waals surface area contributed by atoms with Crippen LogP contribution in [0.15, 0.2) is 12.2 Å². The Labute approximate surface area is 157 Å². The molecule has 0 aliphatic carbocycles. The van der Waals surface area contributed by atoms with E-state index >= 15 is 0 Å². The Morgan fingerprint density at radius 1 is 0.452 bits per heavy atom. The number of halogens is 19. The predicted octanol–water partition coefficient (Wildman–Crippen LogP) is 7.62. The zero-order valence-electron chi connectivity index (χ0n) is 13.6. The standard InChI is InChI=1S/C12H5F19/c13-6(14,15)4(7(16,17)18)2-1-3-5(10(23,24)25,11(26,27)28)8(19,20)9(21,22)12(29,30)31/h1,3-4H,2H2/b3-1+. The summed E-state index contributed by atoms with van der Waals surface area (Å²) in [5, 5.41) is 0. The maximum Gasteiger partial charge on any atom is 0.459 e. The molecule has 0 aromatic carbocycles. The molecule has 0 N–H and O–H groups in total. The third kappa shape index (κ3) is 5.09. The summed E-state index contributed by atoms with van der Waals surface area (Å²) in [6.45, 7) is 0. The first-order chi connectivity index (χ1) is 13.1. The molecule has 0 amide bonds. The van der Waals surface area contributed by atoms with E-state index in [0.29, 0.717) is 0 Å². The van der Waals surface area contributed by atoms with Crippen LogP contribution in [0.1, 0.15) is 6.42 Å². The van der Waals surface area contributed by atoms with Gasteiger partial charge in [-0.05, 0) is 6.42 Å². The van der Waals surface area contributed by atoms with Crippen molar-refractivity contribution in [1.29, 1.82) is 0 Å². The minimum absolute atomic E-state index is 1.49. The summed E-state index contributed by atoms with van der Waals surface area (Å²) in [5.41, 5.74) is -7.52. The van der Waals surface area contributed by atoms with Gasteiger partial charge in [-0.25, -0.2) is 0 Å². The zero-order valence-corrected chi connectivity index (χ0v) is 13.6. The Bertz CT molecular complexity index is 605. The molecule has 0 nitrogen and oxygen atoms in total. The highest BCUT2D eigenvalue weighted by Gasteiger charge is 2.91. The molecule has 0 aromatic heterocycles. The van der Waals surface area contributed by atoms with Gasteiger partial charge in [0.05, 0.1) is 0 Å². The van der Waals surface area contributed by atoms with Crippen LogP contribution in [0.4, 0.5) is 83.4 Å². The van der Waals surface area contributed by atoms with E-state index in [1.165, 1.54) is 0 Å². The van der Waals surface area contributed by atoms with Gasteiger partial charge in [0, 0.05) is 0 Å². The van der Waals surface area contributed by atoms with Crippen molar-refractivity contribution in [3.8, 4) is 0 Å². The maximum absolute atomic E-state index is 13.6. The molecular weight excluding hydrogens is 505 g/mol. The summed E-state index contributed by atoms with van der Waals surface area (Å²) in [7, 11) is 0. The summed E-state index contributed by atoms with van der Waals surface area (Å²) in [6, 6.07) is 0. The smallest absolute Gasteiger partial charge is 0.198 e. The number of hydrogen-bond acceptors (Lipinski definition) is 0. The third-order valence-corrected chi connectivity index (χ3v) is 3.67. The first kappa shape index (κ1) is 29.4. The van der Waals surface area contributed by atoms with E-state index in [1.807, 2.05) is 0 Å². The first-order valence-electron chi connectivity index (χ1n) is 6.86. The third-order valence-electron chi connectivity index (χ3n) is 3.67. The zero-order chi connectivity index (χ0) is 25.7. The lowest BCUT2D eigenvalue weighted by Crippen LogP contribution is -2.69. The van der Waals surface area contributed by atoms with E-state index in [1.54, 1.807) is 0 Å². The Morgan fingerprint density at radius 2 is 0.774 bits per heavy atom. The van der Waals surface area contributed by atoms with Crippen LogP contribution in [-0.4, -0.2) is 42.7 Å². The maximum atomic E-state index is 13.6. The van der Waals surface area contributed by atoms with Gasteiger partial charge >= 0.3 is 42.7 Å². The fourth-order valence-electron chi connectivity index (χ4n) is 2.07. The largest absolute Gasteiger partial charge is 0.459 e. The predicted molar refractivity (Wildman–Crippen MR) is 59.8 cm³/mol. The summed E-state index contributed by atoms with van der Waals surface area (Å²) < 4.78 is 240. The van der Waals surface area contributed by atoms with Crippen molar-refractivity contribution < 1.29 is 83.4 Å². The molecule has 0 rings (SSSR count). The van der Waals surface area contributed by atoms with E-state index in [2.05, 4.69) is 0 Å². The summed E-state index contributed by atoms with van der Waals surface area (Å²) in [6.07, 6.45) is -43.0. The monoisotopic (exact) mass is 510 g/mol. The van der Waals surface area contributed by atoms with Crippen LogP contribution in [0.5, 0.6) is 0 Å². The van der Waals surface area contributed by atoms with Crippen LogP contribution < -0.4 is 0 Å². The lowest BCUT2D eigenvalue weighted by molar-refractivity contribution is -0.446. The topological polar surface area (TPSA) is 0 Å². The van der Waals surface area contributed by atoms with Crippen molar-refractivity contribution in [2.45, 2.75) is 49.1 Å².